The fourth-order valence-electron chi connectivity index (χ4n) is 9.86. The number of ether oxygens (including phenoxy) is 1. The fraction of sp³-hybridized carbons (Fsp3) is 0.0508. The summed E-state index contributed by atoms with van der Waals surface area (Å²) in [6, 6.07) is 72.3. The minimum atomic E-state index is -0.158. The van der Waals surface area contributed by atoms with E-state index in [0.717, 1.165) is 34.9 Å². The van der Waals surface area contributed by atoms with Crippen molar-refractivity contribution in [2.24, 2.45) is 0 Å². The Kier molecular flexibility index (Phi) is 8.71. The molecule has 0 N–H and O–H groups in total. The highest BCUT2D eigenvalue weighted by Gasteiger charge is 2.43. The molecule has 12 rings (SSSR count). The van der Waals surface area contributed by atoms with Gasteiger partial charge in [0.05, 0.1) is 5.69 Å². The van der Waals surface area contributed by atoms with E-state index in [4.69, 9.17) is 4.74 Å². The molecule has 0 radical (unpaired) electrons. The Morgan fingerprint density at radius 3 is 1.73 bits per heavy atom. The van der Waals surface area contributed by atoms with Crippen LogP contribution in [0.4, 0.5) is 17.1 Å². The van der Waals surface area contributed by atoms with Crippen LogP contribution in [0.2, 0.25) is 0 Å². The molecule has 3 heteroatoms. The number of fused-ring (bicyclic) bond motifs is 8. The van der Waals surface area contributed by atoms with Gasteiger partial charge in [-0.05, 0) is 98.8 Å². The van der Waals surface area contributed by atoms with Crippen LogP contribution in [0.5, 0.6) is 5.75 Å². The summed E-state index contributed by atoms with van der Waals surface area (Å²) in [6.45, 7) is 0. The number of nitrogens with zero attached hydrogens (tertiary/aromatic N) is 2. The van der Waals surface area contributed by atoms with Gasteiger partial charge in [-0.25, -0.2) is 0 Å². The molecule has 9 aromatic rings. The fourth-order valence-corrected chi connectivity index (χ4v) is 9.86. The Hall–Kier alpha value is -7.88. The van der Waals surface area contributed by atoms with Crippen LogP contribution < -0.4 is 9.64 Å². The van der Waals surface area contributed by atoms with Crippen molar-refractivity contribution in [1.29, 1.82) is 0 Å². The van der Waals surface area contributed by atoms with E-state index in [9.17, 15) is 0 Å². The SMILES string of the molecule is C1=CCc2c(c3c(n2-c2ccc4ccccc4c2)C2Oc4ccccc4C2C=C3c2ccc(N(c3ccc(-c4ccccc4)cc3)c3ccc(-c4ccccc4)cc3)cc2)C=C1. The zero-order valence-electron chi connectivity index (χ0n) is 34.1. The first-order chi connectivity index (χ1) is 30.7. The highest BCUT2D eigenvalue weighted by molar-refractivity contribution is 5.92. The number of anilines is 3. The van der Waals surface area contributed by atoms with Crippen LogP contribution in [-0.4, -0.2) is 4.57 Å². The topological polar surface area (TPSA) is 17.4 Å². The second-order valence-electron chi connectivity index (χ2n) is 16.4. The summed E-state index contributed by atoms with van der Waals surface area (Å²) < 4.78 is 9.50. The number of aromatic nitrogens is 1. The molecule has 0 bridgehead atoms. The molecule has 2 unspecified atom stereocenters. The molecule has 0 spiro atoms. The van der Waals surface area contributed by atoms with Crippen molar-refractivity contribution in [2.45, 2.75) is 18.4 Å². The van der Waals surface area contributed by atoms with E-state index >= 15 is 0 Å². The van der Waals surface area contributed by atoms with E-state index in [1.165, 1.54) is 72.2 Å². The molecule has 2 atom stereocenters. The lowest BCUT2D eigenvalue weighted by atomic mass is 9.80. The molecule has 3 nitrogen and oxygen atoms in total. The number of allylic oxidation sites excluding steroid dienone is 3. The highest BCUT2D eigenvalue weighted by atomic mass is 16.5. The number of para-hydroxylation sites is 1. The van der Waals surface area contributed by atoms with Crippen molar-refractivity contribution in [3.8, 4) is 33.7 Å². The zero-order chi connectivity index (χ0) is 41.0. The smallest absolute Gasteiger partial charge is 0.150 e. The van der Waals surface area contributed by atoms with Gasteiger partial charge in [-0.3, -0.25) is 0 Å². The van der Waals surface area contributed by atoms with Crippen LogP contribution in [0.15, 0.2) is 224 Å². The summed E-state index contributed by atoms with van der Waals surface area (Å²) in [5.41, 5.74) is 17.9. The molecule has 1 aliphatic heterocycles. The first kappa shape index (κ1) is 36.0. The van der Waals surface area contributed by atoms with Crippen molar-refractivity contribution < 1.29 is 4.74 Å². The molecule has 0 fully saturated rings. The molecule has 294 valence electrons. The molecule has 62 heavy (non-hydrogen) atoms. The lowest BCUT2D eigenvalue weighted by Crippen LogP contribution is -2.19. The predicted molar refractivity (Wildman–Crippen MR) is 257 cm³/mol. The number of rotatable bonds is 7. The molecule has 2 aliphatic carbocycles. The molecular formula is C59H42N2O. The average molecular weight is 795 g/mol. The van der Waals surface area contributed by atoms with E-state index in [1.54, 1.807) is 0 Å². The van der Waals surface area contributed by atoms with Gasteiger partial charge in [0.15, 0.2) is 0 Å². The number of hydrogen-bond donors (Lipinski definition) is 0. The first-order valence-corrected chi connectivity index (χ1v) is 21.5. The minimum absolute atomic E-state index is 0.0633. The van der Waals surface area contributed by atoms with Crippen LogP contribution in [0, 0.1) is 0 Å². The van der Waals surface area contributed by atoms with Crippen molar-refractivity contribution in [2.75, 3.05) is 4.90 Å². The van der Waals surface area contributed by atoms with Gasteiger partial charge in [-0.1, -0.05) is 176 Å². The van der Waals surface area contributed by atoms with Gasteiger partial charge in [0.25, 0.3) is 0 Å². The molecule has 0 amide bonds. The quantitative estimate of drug-likeness (QED) is 0.160. The van der Waals surface area contributed by atoms with Crippen molar-refractivity contribution in [1.82, 2.24) is 4.57 Å². The van der Waals surface area contributed by atoms with Crippen LogP contribution in [0.25, 0.3) is 50.4 Å². The van der Waals surface area contributed by atoms with E-state index in [-0.39, 0.29) is 12.0 Å². The molecular weight excluding hydrogens is 753 g/mol. The van der Waals surface area contributed by atoms with Crippen molar-refractivity contribution >= 4 is 39.5 Å². The maximum Gasteiger partial charge on any atom is 0.150 e. The second-order valence-corrected chi connectivity index (χ2v) is 16.4. The Morgan fingerprint density at radius 2 is 1.06 bits per heavy atom. The molecule has 3 aliphatic rings. The van der Waals surface area contributed by atoms with Crippen LogP contribution in [-0.2, 0) is 6.42 Å². The molecule has 0 saturated carbocycles. The predicted octanol–water partition coefficient (Wildman–Crippen LogP) is 15.2. The highest BCUT2D eigenvalue weighted by Crippen LogP contribution is 2.56. The van der Waals surface area contributed by atoms with E-state index in [0.29, 0.717) is 0 Å². The monoisotopic (exact) mass is 794 g/mol. The van der Waals surface area contributed by atoms with Crippen LogP contribution >= 0.6 is 0 Å². The summed E-state index contributed by atoms with van der Waals surface area (Å²) in [4.78, 5) is 2.36. The van der Waals surface area contributed by atoms with Gasteiger partial charge in [-0.15, -0.1) is 0 Å². The van der Waals surface area contributed by atoms with Crippen LogP contribution in [0.3, 0.4) is 0 Å². The molecule has 8 aromatic carbocycles. The minimum Gasteiger partial charge on any atom is -0.483 e. The largest absolute Gasteiger partial charge is 0.483 e. The van der Waals surface area contributed by atoms with Gasteiger partial charge in [0.1, 0.15) is 11.9 Å². The Bertz CT molecular complexity index is 3130. The van der Waals surface area contributed by atoms with Gasteiger partial charge < -0.3 is 14.2 Å². The van der Waals surface area contributed by atoms with E-state index in [2.05, 4.69) is 240 Å². The molecule has 1 aromatic heterocycles. The van der Waals surface area contributed by atoms with E-state index in [1.807, 2.05) is 0 Å². The van der Waals surface area contributed by atoms with Crippen molar-refractivity contribution in [3.63, 3.8) is 0 Å². The van der Waals surface area contributed by atoms with Gasteiger partial charge in [-0.2, -0.15) is 0 Å². The number of benzene rings is 8. The lowest BCUT2D eigenvalue weighted by Gasteiger charge is -2.29. The molecule has 0 saturated heterocycles. The number of hydrogen-bond acceptors (Lipinski definition) is 2. The van der Waals surface area contributed by atoms with Gasteiger partial charge in [0.2, 0.25) is 0 Å². The van der Waals surface area contributed by atoms with Gasteiger partial charge in [0, 0.05) is 57.5 Å². The maximum atomic E-state index is 6.99. The Morgan fingerprint density at radius 1 is 0.500 bits per heavy atom. The standard InChI is InChI=1S/C59H42N2O/c1-4-14-40(15-5-1)43-24-31-47(32-25-43)60(48-33-26-44(27-34-48)41-16-6-2-7-17-41)49-35-29-45(30-36-49)53-39-54-51-20-12-13-23-56(51)62-59(54)58-57(53)52-21-8-3-9-22-55(52)61(58)50-37-28-42-18-10-11-19-46(42)38-50/h1-21,23-39,54,59H,22H2. The van der Waals surface area contributed by atoms with E-state index < -0.39 is 0 Å². The average Bonchev–Trinajstić information content (AvgIpc) is 3.77. The summed E-state index contributed by atoms with van der Waals surface area (Å²) in [5, 5.41) is 2.46. The Labute approximate surface area is 362 Å². The summed E-state index contributed by atoms with van der Waals surface area (Å²) >= 11 is 0. The van der Waals surface area contributed by atoms with Crippen molar-refractivity contribution in [3.05, 3.63) is 258 Å². The summed E-state index contributed by atoms with van der Waals surface area (Å²) in [7, 11) is 0. The first-order valence-electron chi connectivity index (χ1n) is 21.5. The zero-order valence-corrected chi connectivity index (χ0v) is 34.1. The van der Waals surface area contributed by atoms with Gasteiger partial charge >= 0.3 is 0 Å². The normalized spacial score (nSPS) is 15.8. The third-order valence-corrected chi connectivity index (χ3v) is 12.8. The lowest BCUT2D eigenvalue weighted by molar-refractivity contribution is 0.215. The second kappa shape index (κ2) is 15.0. The summed E-state index contributed by atoms with van der Waals surface area (Å²) in [5.74, 6) is 1.03. The third-order valence-electron chi connectivity index (χ3n) is 12.8. The summed E-state index contributed by atoms with van der Waals surface area (Å²) in [6.07, 6.45) is 12.1. The molecule has 2 heterocycles. The third kappa shape index (κ3) is 6.13. The van der Waals surface area contributed by atoms with Crippen LogP contribution in [0.1, 0.15) is 45.7 Å². The Balaban J connectivity index is 1.00. The maximum absolute atomic E-state index is 6.99.